The molecule has 0 radical (unpaired) electrons. The molecule has 1 aromatic carbocycles. The molecular formula is C38H53N3O7. The number of nitrogens with one attached hydrogen (secondary N) is 1. The van der Waals surface area contributed by atoms with Crippen LogP contribution in [-0.2, 0) is 28.7 Å². The molecule has 262 valence electrons. The van der Waals surface area contributed by atoms with Gasteiger partial charge in [0.1, 0.15) is 23.7 Å². The largest absolute Gasteiger partial charge is 0.455 e. The Kier molecular flexibility index (Phi) is 10.8. The molecule has 2 fully saturated rings. The fourth-order valence-corrected chi connectivity index (χ4v) is 8.33. The second-order valence-electron chi connectivity index (χ2n) is 15.5. The predicted molar refractivity (Wildman–Crippen MR) is 181 cm³/mol. The number of nitrogens with zero attached hydrogens (tertiary/aromatic N) is 2. The fourth-order valence-electron chi connectivity index (χ4n) is 8.33. The average Bonchev–Trinajstić information content (AvgIpc) is 3.39. The van der Waals surface area contributed by atoms with E-state index in [1.807, 2.05) is 53.5 Å². The molecule has 48 heavy (non-hydrogen) atoms. The van der Waals surface area contributed by atoms with Crippen LogP contribution in [0.2, 0.25) is 0 Å². The Morgan fingerprint density at radius 2 is 1.69 bits per heavy atom. The summed E-state index contributed by atoms with van der Waals surface area (Å²) in [6.07, 6.45) is 10.1. The maximum absolute atomic E-state index is 14.9. The highest BCUT2D eigenvalue weighted by atomic mass is 16.6. The molecule has 0 bridgehead atoms. The summed E-state index contributed by atoms with van der Waals surface area (Å²) in [6, 6.07) is 8.29. The standard InChI is InChI=1S/C38H53N3O7/c1-36(2,3)25-37(4,5)41-22-15-20-38-31(33(44)40(32(38)34(41)45)21-13-6-7-14-23-42)30-27(48-38)18-11-12-19-29(43)39-24-28(47-35(30)46)26-16-9-8-10-17-26/h8-11,15-18,20,27-28,30-32,42H,6-7,12-14,19,21-25H2,1-5H3,(H,39,43)/b18-11-/t27-,28+,30+,31+,32-,38+/m1/s1. The summed E-state index contributed by atoms with van der Waals surface area (Å²) in [5.41, 5.74) is -1.22. The molecule has 1 spiro atoms. The van der Waals surface area contributed by atoms with Gasteiger partial charge in [0.05, 0.1) is 18.6 Å². The third-order valence-corrected chi connectivity index (χ3v) is 10.0. The molecule has 0 unspecified atom stereocenters. The van der Waals surface area contributed by atoms with E-state index in [0.717, 1.165) is 24.8 Å². The SMILES string of the molecule is CC(C)(C)CC(C)(C)N1CC=C[C@]23O[C@@H]4/C=C\CCC(=O)NC[C@@H](c5ccccc5)OC(=O)[C@@H]4[C@H]2C(=O)N(CCCCCCO)[C@@H]3C1=O. The van der Waals surface area contributed by atoms with Crippen LogP contribution in [0.5, 0.6) is 0 Å². The second-order valence-corrected chi connectivity index (χ2v) is 15.5. The quantitative estimate of drug-likeness (QED) is 0.227. The number of carbonyl (C=O) groups is 4. The van der Waals surface area contributed by atoms with Crippen LogP contribution < -0.4 is 5.32 Å². The zero-order chi connectivity index (χ0) is 34.7. The van der Waals surface area contributed by atoms with Crippen LogP contribution >= 0.6 is 0 Å². The molecule has 4 aliphatic rings. The molecule has 0 saturated carbocycles. The molecule has 10 nitrogen and oxygen atoms in total. The highest BCUT2D eigenvalue weighted by Crippen LogP contribution is 2.54. The van der Waals surface area contributed by atoms with Gasteiger partial charge in [-0.15, -0.1) is 0 Å². The molecule has 6 atom stereocenters. The van der Waals surface area contributed by atoms with Gasteiger partial charge in [-0.05, 0) is 50.5 Å². The topological polar surface area (TPSA) is 125 Å². The van der Waals surface area contributed by atoms with Crippen LogP contribution in [0.25, 0.3) is 0 Å². The number of hydrogen-bond donors (Lipinski definition) is 2. The van der Waals surface area contributed by atoms with Gasteiger partial charge in [-0.2, -0.15) is 0 Å². The molecule has 10 heteroatoms. The Morgan fingerprint density at radius 3 is 2.40 bits per heavy atom. The number of esters is 1. The van der Waals surface area contributed by atoms with Gasteiger partial charge in [-0.3, -0.25) is 19.2 Å². The van der Waals surface area contributed by atoms with Crippen molar-refractivity contribution in [3.8, 4) is 0 Å². The van der Waals surface area contributed by atoms with E-state index in [4.69, 9.17) is 9.47 Å². The van der Waals surface area contributed by atoms with E-state index in [9.17, 15) is 24.3 Å². The Balaban J connectivity index is 1.56. The number of cyclic esters (lactones) is 1. The van der Waals surface area contributed by atoms with Crippen LogP contribution in [0.3, 0.4) is 0 Å². The van der Waals surface area contributed by atoms with Crippen molar-refractivity contribution in [3.63, 3.8) is 0 Å². The first-order valence-corrected chi connectivity index (χ1v) is 17.6. The van der Waals surface area contributed by atoms with E-state index in [1.165, 1.54) is 0 Å². The lowest BCUT2D eigenvalue weighted by Gasteiger charge is -2.44. The van der Waals surface area contributed by atoms with Crippen molar-refractivity contribution in [3.05, 3.63) is 60.2 Å². The molecule has 2 saturated heterocycles. The minimum absolute atomic E-state index is 0.0538. The van der Waals surface area contributed by atoms with Gasteiger partial charge in [0.25, 0.3) is 0 Å². The van der Waals surface area contributed by atoms with E-state index < -0.39 is 47.2 Å². The summed E-state index contributed by atoms with van der Waals surface area (Å²) in [6.45, 7) is 11.5. The third-order valence-electron chi connectivity index (χ3n) is 10.0. The van der Waals surface area contributed by atoms with Crippen molar-refractivity contribution in [1.29, 1.82) is 0 Å². The van der Waals surface area contributed by atoms with E-state index in [2.05, 4.69) is 39.9 Å². The van der Waals surface area contributed by atoms with Crippen molar-refractivity contribution in [2.75, 3.05) is 26.2 Å². The first-order chi connectivity index (χ1) is 22.8. The van der Waals surface area contributed by atoms with Crippen LogP contribution in [0.1, 0.15) is 91.2 Å². The highest BCUT2D eigenvalue weighted by Gasteiger charge is 2.72. The minimum atomic E-state index is -1.37. The smallest absolute Gasteiger partial charge is 0.313 e. The van der Waals surface area contributed by atoms with Crippen LogP contribution in [0.4, 0.5) is 0 Å². The monoisotopic (exact) mass is 663 g/mol. The molecule has 1 aromatic rings. The number of aliphatic hydroxyl groups excluding tert-OH is 1. The molecule has 2 N–H and O–H groups in total. The summed E-state index contributed by atoms with van der Waals surface area (Å²) < 4.78 is 13.0. The van der Waals surface area contributed by atoms with Gasteiger partial charge in [-0.1, -0.05) is 88.2 Å². The lowest BCUT2D eigenvalue weighted by molar-refractivity contribution is -0.160. The van der Waals surface area contributed by atoms with Crippen LogP contribution in [0, 0.1) is 17.3 Å². The minimum Gasteiger partial charge on any atom is -0.455 e. The second kappa shape index (κ2) is 14.5. The molecule has 3 amide bonds. The van der Waals surface area contributed by atoms with E-state index in [0.29, 0.717) is 32.4 Å². The maximum Gasteiger partial charge on any atom is 0.313 e. The predicted octanol–water partition coefficient (Wildman–Crippen LogP) is 4.48. The Hall–Kier alpha value is -3.50. The average molecular weight is 664 g/mol. The Labute approximate surface area is 284 Å². The number of likely N-dealkylation sites (tertiary alicyclic amines) is 1. The molecule has 0 aromatic heterocycles. The van der Waals surface area contributed by atoms with E-state index in [-0.39, 0.29) is 42.7 Å². The molecule has 0 aliphatic carbocycles. The van der Waals surface area contributed by atoms with E-state index >= 15 is 0 Å². The van der Waals surface area contributed by atoms with Crippen LogP contribution in [0.15, 0.2) is 54.6 Å². The normalized spacial score (nSPS) is 30.4. The van der Waals surface area contributed by atoms with Crippen molar-refractivity contribution in [2.45, 2.75) is 109 Å². The Bertz CT molecular complexity index is 1400. The summed E-state index contributed by atoms with van der Waals surface area (Å²) in [5.74, 6) is -3.19. The zero-order valence-electron chi connectivity index (χ0n) is 29.2. The number of aliphatic hydroxyl groups is 1. The Morgan fingerprint density at radius 1 is 0.958 bits per heavy atom. The summed E-state index contributed by atoms with van der Waals surface area (Å²) in [7, 11) is 0. The number of ether oxygens (including phenoxy) is 2. The summed E-state index contributed by atoms with van der Waals surface area (Å²) >= 11 is 0. The van der Waals surface area contributed by atoms with Crippen molar-refractivity contribution >= 4 is 23.7 Å². The molecular weight excluding hydrogens is 610 g/mol. The van der Waals surface area contributed by atoms with Crippen LogP contribution in [-0.4, -0.2) is 88.1 Å². The number of amides is 3. The summed E-state index contributed by atoms with van der Waals surface area (Å²) in [4.78, 5) is 60.1. The fraction of sp³-hybridized carbons (Fsp3) is 0.632. The molecule has 4 heterocycles. The number of fused-ring (bicyclic) bond motifs is 2. The molecule has 5 rings (SSSR count). The highest BCUT2D eigenvalue weighted by molar-refractivity contribution is 5.99. The number of hydrogen-bond acceptors (Lipinski definition) is 7. The number of benzene rings is 1. The lowest BCUT2D eigenvalue weighted by atomic mass is 9.77. The lowest BCUT2D eigenvalue weighted by Crippen LogP contribution is -2.59. The van der Waals surface area contributed by atoms with Gasteiger partial charge in [0, 0.05) is 31.7 Å². The van der Waals surface area contributed by atoms with Crippen molar-refractivity contribution in [1.82, 2.24) is 15.1 Å². The van der Waals surface area contributed by atoms with Gasteiger partial charge >= 0.3 is 5.97 Å². The number of unbranched alkanes of at least 4 members (excludes halogenated alkanes) is 3. The first kappa shape index (κ1) is 35.8. The first-order valence-electron chi connectivity index (χ1n) is 17.6. The van der Waals surface area contributed by atoms with Gasteiger partial charge < -0.3 is 29.7 Å². The number of carbonyl (C=O) groups excluding carboxylic acids is 4. The van der Waals surface area contributed by atoms with Gasteiger partial charge in [-0.25, -0.2) is 0 Å². The maximum atomic E-state index is 14.9. The van der Waals surface area contributed by atoms with E-state index in [1.54, 1.807) is 11.0 Å². The van der Waals surface area contributed by atoms with Gasteiger partial charge in [0.15, 0.2) is 0 Å². The number of allylic oxidation sites excluding steroid dienone is 1. The number of rotatable bonds is 9. The van der Waals surface area contributed by atoms with Crippen molar-refractivity contribution in [2.24, 2.45) is 17.3 Å². The van der Waals surface area contributed by atoms with Gasteiger partial charge in [0.2, 0.25) is 17.7 Å². The molecule has 4 aliphatic heterocycles. The third kappa shape index (κ3) is 7.39. The zero-order valence-corrected chi connectivity index (χ0v) is 29.2. The van der Waals surface area contributed by atoms with Crippen molar-refractivity contribution < 1.29 is 33.8 Å². The summed E-state index contributed by atoms with van der Waals surface area (Å²) in [5, 5.41) is 12.2.